The Bertz CT molecular complexity index is 154. The van der Waals surface area contributed by atoms with Gasteiger partial charge in [0.25, 0.3) is 0 Å². The van der Waals surface area contributed by atoms with E-state index in [9.17, 15) is 0 Å². The van der Waals surface area contributed by atoms with Crippen molar-refractivity contribution in [1.82, 2.24) is 9.80 Å². The molecule has 2 nitrogen and oxygen atoms in total. The molecule has 0 aromatic heterocycles. The molecule has 2 heteroatoms. The highest BCUT2D eigenvalue weighted by atomic mass is 15.3. The van der Waals surface area contributed by atoms with Gasteiger partial charge in [0.05, 0.1) is 6.67 Å². The molecule has 1 rings (SSSR count). The van der Waals surface area contributed by atoms with Crippen molar-refractivity contribution in [2.75, 3.05) is 20.3 Å². The van der Waals surface area contributed by atoms with Gasteiger partial charge in [-0.05, 0) is 12.3 Å². The molecule has 12 heavy (non-hydrogen) atoms. The van der Waals surface area contributed by atoms with Crippen LogP contribution in [0.3, 0.4) is 0 Å². The van der Waals surface area contributed by atoms with Gasteiger partial charge in [-0.2, -0.15) is 0 Å². The van der Waals surface area contributed by atoms with Gasteiger partial charge in [-0.25, -0.2) is 0 Å². The van der Waals surface area contributed by atoms with E-state index in [2.05, 4.69) is 43.1 Å². The molecule has 0 amide bonds. The van der Waals surface area contributed by atoms with Crippen LogP contribution < -0.4 is 0 Å². The molecule has 0 radical (unpaired) electrons. The van der Waals surface area contributed by atoms with Gasteiger partial charge in [0.15, 0.2) is 0 Å². The Morgan fingerprint density at radius 2 is 2.17 bits per heavy atom. The smallest absolute Gasteiger partial charge is 0.0890 e. The Hall–Kier alpha value is -0.660. The molecule has 1 atom stereocenters. The van der Waals surface area contributed by atoms with Gasteiger partial charge in [-0.15, -0.1) is 0 Å². The van der Waals surface area contributed by atoms with Crippen molar-refractivity contribution in [3.05, 3.63) is 12.4 Å². The van der Waals surface area contributed by atoms with Crippen LogP contribution in [0.2, 0.25) is 0 Å². The Balaban J connectivity index is 2.12. The number of rotatable bonds is 4. The second kappa shape index (κ2) is 4.39. The fourth-order valence-electron chi connectivity index (χ4n) is 1.32. The first-order valence-corrected chi connectivity index (χ1v) is 4.85. The lowest BCUT2D eigenvalue weighted by Crippen LogP contribution is -2.24. The van der Waals surface area contributed by atoms with Gasteiger partial charge < -0.3 is 9.80 Å². The lowest BCUT2D eigenvalue weighted by molar-refractivity contribution is 0.278. The molecule has 1 aliphatic rings. The molecule has 0 aromatic carbocycles. The van der Waals surface area contributed by atoms with Crippen molar-refractivity contribution in [3.8, 4) is 0 Å². The van der Waals surface area contributed by atoms with E-state index in [0.717, 1.165) is 12.6 Å². The normalized spacial score (nSPS) is 18.9. The van der Waals surface area contributed by atoms with Crippen molar-refractivity contribution in [1.29, 1.82) is 0 Å². The van der Waals surface area contributed by atoms with E-state index in [0.29, 0.717) is 0 Å². The molecule has 1 heterocycles. The summed E-state index contributed by atoms with van der Waals surface area (Å²) in [6, 6.07) is 0. The predicted molar refractivity (Wildman–Crippen MR) is 52.5 cm³/mol. The topological polar surface area (TPSA) is 6.48 Å². The first kappa shape index (κ1) is 9.43. The van der Waals surface area contributed by atoms with Crippen molar-refractivity contribution < 1.29 is 0 Å². The van der Waals surface area contributed by atoms with Crippen LogP contribution in [0.25, 0.3) is 0 Å². The minimum absolute atomic E-state index is 0.865. The Morgan fingerprint density at radius 3 is 2.67 bits per heavy atom. The van der Waals surface area contributed by atoms with Crippen molar-refractivity contribution >= 4 is 0 Å². The lowest BCUT2D eigenvalue weighted by Gasteiger charge is -2.19. The summed E-state index contributed by atoms with van der Waals surface area (Å²) in [6.45, 7) is 6.85. The van der Waals surface area contributed by atoms with Gasteiger partial charge in [0.1, 0.15) is 0 Å². The maximum absolute atomic E-state index is 2.37. The van der Waals surface area contributed by atoms with E-state index in [1.54, 1.807) is 0 Å². The molecule has 0 aromatic rings. The first-order chi connectivity index (χ1) is 5.72. The van der Waals surface area contributed by atoms with E-state index in [1.165, 1.54) is 19.4 Å². The average molecular weight is 168 g/mol. The summed E-state index contributed by atoms with van der Waals surface area (Å²) < 4.78 is 0. The van der Waals surface area contributed by atoms with Crippen molar-refractivity contribution in [3.63, 3.8) is 0 Å². The largest absolute Gasteiger partial charge is 0.362 e. The molecule has 0 bridgehead atoms. The van der Waals surface area contributed by atoms with Gasteiger partial charge >= 0.3 is 0 Å². The van der Waals surface area contributed by atoms with Crippen LogP contribution in [0, 0.1) is 5.92 Å². The van der Waals surface area contributed by atoms with Gasteiger partial charge in [-0.3, -0.25) is 0 Å². The van der Waals surface area contributed by atoms with E-state index < -0.39 is 0 Å². The Kier molecular flexibility index (Phi) is 3.45. The first-order valence-electron chi connectivity index (χ1n) is 4.85. The third-order valence-corrected chi connectivity index (χ3v) is 2.54. The molecule has 1 unspecified atom stereocenters. The third-order valence-electron chi connectivity index (χ3n) is 2.54. The predicted octanol–water partition coefficient (Wildman–Crippen LogP) is 2.10. The number of nitrogens with zero attached hydrogens (tertiary/aromatic N) is 2. The SMILES string of the molecule is CCC(C)CCN1C=CN(C)C1. The highest BCUT2D eigenvalue weighted by Crippen LogP contribution is 2.10. The van der Waals surface area contributed by atoms with Crippen LogP contribution in [0.5, 0.6) is 0 Å². The zero-order valence-electron chi connectivity index (χ0n) is 8.45. The van der Waals surface area contributed by atoms with E-state index in [-0.39, 0.29) is 0 Å². The highest BCUT2D eigenvalue weighted by molar-refractivity contribution is 4.88. The van der Waals surface area contributed by atoms with Crippen LogP contribution in [0.1, 0.15) is 26.7 Å². The average Bonchev–Trinajstić information content (AvgIpc) is 2.47. The summed E-state index contributed by atoms with van der Waals surface area (Å²) in [5, 5.41) is 0. The zero-order chi connectivity index (χ0) is 8.97. The molecule has 1 aliphatic heterocycles. The van der Waals surface area contributed by atoms with Gasteiger partial charge in [-0.1, -0.05) is 20.3 Å². The van der Waals surface area contributed by atoms with Crippen LogP contribution in [0.4, 0.5) is 0 Å². The van der Waals surface area contributed by atoms with Crippen LogP contribution in [-0.2, 0) is 0 Å². The number of hydrogen-bond donors (Lipinski definition) is 0. The molecule has 0 fully saturated rings. The summed E-state index contributed by atoms with van der Waals surface area (Å²) in [6.07, 6.45) is 6.93. The highest BCUT2D eigenvalue weighted by Gasteiger charge is 2.08. The van der Waals surface area contributed by atoms with Gasteiger partial charge in [0, 0.05) is 26.0 Å². The molecular formula is C10H20N2. The summed E-state index contributed by atoms with van der Waals surface area (Å²) in [4.78, 5) is 4.57. The maximum Gasteiger partial charge on any atom is 0.0890 e. The van der Waals surface area contributed by atoms with E-state index in [1.807, 2.05) is 0 Å². The second-order valence-electron chi connectivity index (χ2n) is 3.81. The number of hydrogen-bond acceptors (Lipinski definition) is 2. The molecule has 0 aliphatic carbocycles. The Labute approximate surface area is 75.8 Å². The molecule has 0 saturated carbocycles. The van der Waals surface area contributed by atoms with Crippen molar-refractivity contribution in [2.24, 2.45) is 5.92 Å². The van der Waals surface area contributed by atoms with Crippen molar-refractivity contribution in [2.45, 2.75) is 26.7 Å². The van der Waals surface area contributed by atoms with Crippen LogP contribution in [0.15, 0.2) is 12.4 Å². The lowest BCUT2D eigenvalue weighted by atomic mass is 10.1. The minimum atomic E-state index is 0.865. The zero-order valence-corrected chi connectivity index (χ0v) is 8.45. The molecule has 70 valence electrons. The molecular weight excluding hydrogens is 148 g/mol. The van der Waals surface area contributed by atoms with Crippen LogP contribution >= 0.6 is 0 Å². The molecule has 0 N–H and O–H groups in total. The quantitative estimate of drug-likeness (QED) is 0.634. The second-order valence-corrected chi connectivity index (χ2v) is 3.81. The summed E-state index contributed by atoms with van der Waals surface area (Å²) >= 11 is 0. The monoisotopic (exact) mass is 168 g/mol. The third kappa shape index (κ3) is 2.76. The van der Waals surface area contributed by atoms with Gasteiger partial charge in [0.2, 0.25) is 0 Å². The minimum Gasteiger partial charge on any atom is -0.362 e. The summed E-state index contributed by atoms with van der Waals surface area (Å²) in [5.41, 5.74) is 0. The Morgan fingerprint density at radius 1 is 1.42 bits per heavy atom. The summed E-state index contributed by atoms with van der Waals surface area (Å²) in [7, 11) is 2.11. The van der Waals surface area contributed by atoms with Crippen LogP contribution in [-0.4, -0.2) is 30.1 Å². The molecule has 0 saturated heterocycles. The maximum atomic E-state index is 2.37. The summed E-state index contributed by atoms with van der Waals surface area (Å²) in [5.74, 6) is 0.865. The van der Waals surface area contributed by atoms with E-state index >= 15 is 0 Å². The fourth-order valence-corrected chi connectivity index (χ4v) is 1.32. The van der Waals surface area contributed by atoms with E-state index in [4.69, 9.17) is 0 Å². The fraction of sp³-hybridized carbons (Fsp3) is 0.800. The molecule has 0 spiro atoms. The standard InChI is InChI=1S/C10H20N2/c1-4-10(2)5-6-12-8-7-11(3)9-12/h7-8,10H,4-6,9H2,1-3H3.